The highest BCUT2D eigenvalue weighted by molar-refractivity contribution is 6.23. The Hall–Kier alpha value is -5.29. The summed E-state index contributed by atoms with van der Waals surface area (Å²) < 4.78 is 8.40. The first-order valence-electron chi connectivity index (χ1n) is 12.5. The van der Waals surface area contributed by atoms with Gasteiger partial charge in [-0.1, -0.05) is 78.9 Å². The fraction of sp³-hybridized carbons (Fsp3) is 0. The number of hydrogen-bond acceptors (Lipinski definition) is 4. The summed E-state index contributed by atoms with van der Waals surface area (Å²) in [5, 5.41) is 3.13. The van der Waals surface area contributed by atoms with Crippen LogP contribution in [-0.4, -0.2) is 19.5 Å². The van der Waals surface area contributed by atoms with Gasteiger partial charge in [-0.3, -0.25) is 9.55 Å². The van der Waals surface area contributed by atoms with Crippen molar-refractivity contribution in [2.75, 3.05) is 0 Å². The van der Waals surface area contributed by atoms with Crippen LogP contribution >= 0.6 is 0 Å². The summed E-state index contributed by atoms with van der Waals surface area (Å²) in [5.41, 5.74) is 8.31. The van der Waals surface area contributed by atoms with Crippen LogP contribution in [0.15, 0.2) is 126 Å². The molecule has 0 radical (unpaired) electrons. The molecule has 178 valence electrons. The Morgan fingerprint density at radius 2 is 1.26 bits per heavy atom. The van der Waals surface area contributed by atoms with Crippen LogP contribution in [0.5, 0.6) is 0 Å². The van der Waals surface area contributed by atoms with E-state index in [4.69, 9.17) is 19.4 Å². The van der Waals surface area contributed by atoms with Crippen LogP contribution < -0.4 is 0 Å². The number of benzene rings is 4. The highest BCUT2D eigenvalue weighted by Gasteiger charge is 2.21. The van der Waals surface area contributed by atoms with Crippen molar-refractivity contribution >= 4 is 43.9 Å². The molecule has 5 nitrogen and oxygen atoms in total. The van der Waals surface area contributed by atoms with Gasteiger partial charge in [-0.05, 0) is 36.4 Å². The molecule has 0 fully saturated rings. The zero-order valence-corrected chi connectivity index (χ0v) is 20.2. The smallest absolute Gasteiger partial charge is 0.235 e. The lowest BCUT2D eigenvalue weighted by atomic mass is 10.1. The van der Waals surface area contributed by atoms with E-state index in [9.17, 15) is 0 Å². The number of furan rings is 1. The normalized spacial score (nSPS) is 11.7. The average Bonchev–Trinajstić information content (AvgIpc) is 3.53. The van der Waals surface area contributed by atoms with E-state index in [-0.39, 0.29) is 0 Å². The highest BCUT2D eigenvalue weighted by Crippen LogP contribution is 2.40. The Morgan fingerprint density at radius 3 is 2.00 bits per heavy atom. The topological polar surface area (TPSA) is 56.7 Å². The monoisotopic (exact) mass is 488 g/mol. The van der Waals surface area contributed by atoms with Crippen molar-refractivity contribution in [3.05, 3.63) is 121 Å². The predicted octanol–water partition coefficient (Wildman–Crippen LogP) is 8.20. The van der Waals surface area contributed by atoms with Crippen LogP contribution in [0.1, 0.15) is 0 Å². The average molecular weight is 489 g/mol. The summed E-state index contributed by atoms with van der Waals surface area (Å²) in [4.78, 5) is 15.1. The van der Waals surface area contributed by atoms with Gasteiger partial charge in [-0.15, -0.1) is 0 Å². The van der Waals surface area contributed by atoms with Crippen LogP contribution in [0.2, 0.25) is 0 Å². The number of fused-ring (bicyclic) bond motifs is 7. The van der Waals surface area contributed by atoms with Gasteiger partial charge in [0, 0.05) is 28.1 Å². The minimum absolute atomic E-state index is 0.594. The molecule has 4 aromatic heterocycles. The first-order chi connectivity index (χ1) is 18.8. The molecule has 5 heteroatoms. The molecule has 0 aliphatic carbocycles. The maximum Gasteiger partial charge on any atom is 0.235 e. The first-order valence-corrected chi connectivity index (χ1v) is 12.5. The van der Waals surface area contributed by atoms with Crippen LogP contribution in [0.25, 0.3) is 72.3 Å². The minimum atomic E-state index is 0.594. The molecule has 0 bridgehead atoms. The molecular weight excluding hydrogens is 468 g/mol. The summed E-state index contributed by atoms with van der Waals surface area (Å²) in [6.45, 7) is 0. The molecule has 38 heavy (non-hydrogen) atoms. The third-order valence-corrected chi connectivity index (χ3v) is 7.08. The van der Waals surface area contributed by atoms with Crippen LogP contribution in [-0.2, 0) is 0 Å². The largest absolute Gasteiger partial charge is 0.456 e. The maximum atomic E-state index is 6.26. The summed E-state index contributed by atoms with van der Waals surface area (Å²) in [5.74, 6) is 0.594. The Labute approximate surface area is 217 Å². The second-order valence-corrected chi connectivity index (χ2v) is 9.31. The fourth-order valence-corrected chi connectivity index (χ4v) is 5.38. The van der Waals surface area contributed by atoms with E-state index < -0.39 is 0 Å². The van der Waals surface area contributed by atoms with Gasteiger partial charge in [0.2, 0.25) is 5.95 Å². The number of para-hydroxylation sites is 1. The minimum Gasteiger partial charge on any atom is -0.456 e. The molecule has 0 N–H and O–H groups in total. The zero-order valence-electron chi connectivity index (χ0n) is 20.2. The zero-order chi connectivity index (χ0) is 25.1. The third kappa shape index (κ3) is 3.09. The molecule has 0 unspecified atom stereocenters. The van der Waals surface area contributed by atoms with Gasteiger partial charge in [-0.2, -0.15) is 0 Å². The van der Waals surface area contributed by atoms with E-state index >= 15 is 0 Å². The summed E-state index contributed by atoms with van der Waals surface area (Å²) in [7, 11) is 0. The summed E-state index contributed by atoms with van der Waals surface area (Å²) in [6, 6.07) is 38.9. The molecule has 0 spiro atoms. The van der Waals surface area contributed by atoms with Gasteiger partial charge in [0.05, 0.1) is 33.3 Å². The van der Waals surface area contributed by atoms with Crippen molar-refractivity contribution in [2.45, 2.75) is 0 Å². The second kappa shape index (κ2) is 8.11. The molecule has 0 atom stereocenters. The molecule has 8 rings (SSSR count). The maximum absolute atomic E-state index is 6.26. The number of hydrogen-bond donors (Lipinski definition) is 0. The quantitative estimate of drug-likeness (QED) is 0.251. The van der Waals surface area contributed by atoms with Crippen LogP contribution in [0.4, 0.5) is 0 Å². The van der Waals surface area contributed by atoms with Crippen LogP contribution in [0.3, 0.4) is 0 Å². The molecule has 0 saturated heterocycles. The molecule has 0 aliphatic rings. The van der Waals surface area contributed by atoms with Gasteiger partial charge < -0.3 is 4.42 Å². The second-order valence-electron chi connectivity index (χ2n) is 9.31. The first kappa shape index (κ1) is 20.9. The SMILES string of the molecule is c1ccc(-c2cc(-c3ccccc3)nc(-n3c4cccnc4c4ccc5oc6ccccc6c5c43)n2)cc1. The molecule has 0 saturated carbocycles. The lowest BCUT2D eigenvalue weighted by molar-refractivity contribution is 0.669. The lowest BCUT2D eigenvalue weighted by Crippen LogP contribution is -2.04. The Bertz CT molecular complexity index is 2070. The van der Waals surface area contributed by atoms with E-state index in [1.165, 1.54) is 0 Å². The van der Waals surface area contributed by atoms with Crippen molar-refractivity contribution in [1.29, 1.82) is 0 Å². The van der Waals surface area contributed by atoms with E-state index in [2.05, 4.69) is 53.1 Å². The molecule has 4 heterocycles. The number of nitrogens with zero attached hydrogens (tertiary/aromatic N) is 4. The summed E-state index contributed by atoms with van der Waals surface area (Å²) in [6.07, 6.45) is 1.83. The van der Waals surface area contributed by atoms with Gasteiger partial charge in [-0.25, -0.2) is 9.97 Å². The van der Waals surface area contributed by atoms with Crippen molar-refractivity contribution < 1.29 is 4.42 Å². The number of pyridine rings is 1. The number of aromatic nitrogens is 4. The van der Waals surface area contributed by atoms with Gasteiger partial charge in [0.1, 0.15) is 11.2 Å². The molecule has 0 amide bonds. The van der Waals surface area contributed by atoms with Gasteiger partial charge in [0.25, 0.3) is 0 Å². The van der Waals surface area contributed by atoms with Crippen molar-refractivity contribution in [1.82, 2.24) is 19.5 Å². The Balaban J connectivity index is 1.54. The Morgan fingerprint density at radius 1 is 0.579 bits per heavy atom. The van der Waals surface area contributed by atoms with Crippen LogP contribution in [0, 0.1) is 0 Å². The number of rotatable bonds is 3. The lowest BCUT2D eigenvalue weighted by Gasteiger charge is -2.12. The van der Waals surface area contributed by atoms with Crippen molar-refractivity contribution in [3.63, 3.8) is 0 Å². The van der Waals surface area contributed by atoms with E-state index in [0.717, 1.165) is 66.4 Å². The molecule has 0 aliphatic heterocycles. The molecular formula is C33H20N4O. The standard InChI is InChI=1S/C33H20N4O/c1-3-10-21(11-4-1)25-20-26(22-12-5-2-6-13-22)36-33(35-25)37-27-15-9-19-34-31(27)24-17-18-29-30(32(24)37)23-14-7-8-16-28(23)38-29/h1-20H. The summed E-state index contributed by atoms with van der Waals surface area (Å²) >= 11 is 0. The molecule has 8 aromatic rings. The predicted molar refractivity (Wildman–Crippen MR) is 152 cm³/mol. The third-order valence-electron chi connectivity index (χ3n) is 7.08. The van der Waals surface area contributed by atoms with Crippen molar-refractivity contribution in [3.8, 4) is 28.5 Å². The van der Waals surface area contributed by atoms with E-state index in [1.807, 2.05) is 72.9 Å². The fourth-order valence-electron chi connectivity index (χ4n) is 5.38. The Kier molecular flexibility index (Phi) is 4.45. The van der Waals surface area contributed by atoms with Gasteiger partial charge >= 0.3 is 0 Å². The van der Waals surface area contributed by atoms with Crippen molar-refractivity contribution in [2.24, 2.45) is 0 Å². The van der Waals surface area contributed by atoms with E-state index in [0.29, 0.717) is 5.95 Å². The van der Waals surface area contributed by atoms with Gasteiger partial charge in [0.15, 0.2) is 0 Å². The molecule has 4 aromatic carbocycles. The van der Waals surface area contributed by atoms with E-state index in [1.54, 1.807) is 0 Å². The highest BCUT2D eigenvalue weighted by atomic mass is 16.3.